The van der Waals surface area contributed by atoms with Crippen LogP contribution in [0.25, 0.3) is 5.69 Å². The Balaban J connectivity index is 1.58. The predicted molar refractivity (Wildman–Crippen MR) is 141 cm³/mol. The van der Waals surface area contributed by atoms with E-state index in [1.807, 2.05) is 32.9 Å². The monoisotopic (exact) mass is 560 g/mol. The summed E-state index contributed by atoms with van der Waals surface area (Å²) < 4.78 is 53.8. The van der Waals surface area contributed by atoms with Gasteiger partial charge in [-0.2, -0.15) is 5.10 Å². The number of anilines is 1. The molecule has 1 fully saturated rings. The van der Waals surface area contributed by atoms with Crippen molar-refractivity contribution in [3.05, 3.63) is 66.0 Å². The van der Waals surface area contributed by atoms with Crippen LogP contribution in [0.3, 0.4) is 0 Å². The summed E-state index contributed by atoms with van der Waals surface area (Å²) >= 11 is 0. The van der Waals surface area contributed by atoms with Crippen LogP contribution in [0, 0.1) is 0 Å². The van der Waals surface area contributed by atoms with Gasteiger partial charge in [-0.05, 0) is 82.1 Å². The van der Waals surface area contributed by atoms with Crippen LogP contribution in [-0.2, 0) is 4.74 Å². The van der Waals surface area contributed by atoms with E-state index in [0.717, 1.165) is 17.8 Å². The molecule has 0 radical (unpaired) electrons. The Hall–Kier alpha value is -4.22. The molecule has 0 bridgehead atoms. The molecule has 2 aromatic carbocycles. The summed E-state index contributed by atoms with van der Waals surface area (Å²) in [5.41, 5.74) is 1.40. The third-order valence-electron chi connectivity index (χ3n) is 6.25. The van der Waals surface area contributed by atoms with E-state index >= 15 is 0 Å². The summed E-state index contributed by atoms with van der Waals surface area (Å²) in [7, 11) is 1.57. The summed E-state index contributed by atoms with van der Waals surface area (Å²) in [6, 6.07) is 12.1. The van der Waals surface area contributed by atoms with E-state index in [4.69, 9.17) is 9.47 Å². The van der Waals surface area contributed by atoms with Crippen LogP contribution < -0.4 is 14.8 Å². The molecule has 2 amide bonds. The van der Waals surface area contributed by atoms with Crippen LogP contribution in [-0.4, -0.2) is 58.8 Å². The number of nitrogens with zero attached hydrogens (tertiary/aromatic N) is 3. The smallest absolute Gasteiger partial charge is 0.497 e. The third-order valence-corrected chi connectivity index (χ3v) is 6.25. The first-order chi connectivity index (χ1) is 18.8. The molecule has 1 saturated heterocycles. The molecule has 3 aromatic rings. The van der Waals surface area contributed by atoms with E-state index < -0.39 is 23.6 Å². The predicted octanol–water partition coefficient (Wildman–Crippen LogP) is 6.15. The summed E-state index contributed by atoms with van der Waals surface area (Å²) in [6.45, 7) is 6.32. The molecule has 12 heteroatoms. The van der Waals surface area contributed by atoms with Crippen molar-refractivity contribution in [2.24, 2.45) is 0 Å². The zero-order chi connectivity index (χ0) is 29.1. The van der Waals surface area contributed by atoms with Crippen molar-refractivity contribution in [1.29, 1.82) is 0 Å². The molecule has 0 saturated carbocycles. The average molecular weight is 561 g/mol. The number of benzene rings is 2. The van der Waals surface area contributed by atoms with E-state index in [-0.39, 0.29) is 12.0 Å². The number of nitrogens with one attached hydrogen (secondary N) is 1. The zero-order valence-corrected chi connectivity index (χ0v) is 22.6. The maximum Gasteiger partial charge on any atom is 0.573 e. The maximum atomic E-state index is 13.4. The molecule has 0 aliphatic carbocycles. The van der Waals surface area contributed by atoms with Gasteiger partial charge in [0.25, 0.3) is 5.91 Å². The summed E-state index contributed by atoms with van der Waals surface area (Å²) in [6.07, 6.45) is -2.58. The minimum Gasteiger partial charge on any atom is -0.497 e. The molecule has 214 valence electrons. The molecule has 0 atom stereocenters. The number of piperidine rings is 1. The van der Waals surface area contributed by atoms with E-state index in [1.54, 1.807) is 28.8 Å². The lowest BCUT2D eigenvalue weighted by Crippen LogP contribution is -2.41. The first-order valence-corrected chi connectivity index (χ1v) is 12.7. The molecule has 0 spiro atoms. The van der Waals surface area contributed by atoms with E-state index in [1.165, 1.54) is 18.3 Å². The topological polar surface area (TPSA) is 94.9 Å². The number of carbonyl (C=O) groups excluding carboxylic acids is 2. The van der Waals surface area contributed by atoms with Crippen LogP contribution in [0.15, 0.2) is 54.7 Å². The lowest BCUT2D eigenvalue weighted by Gasteiger charge is -2.34. The molecule has 1 aliphatic rings. The summed E-state index contributed by atoms with van der Waals surface area (Å²) in [5.74, 6) is -0.297. The number of ether oxygens (including phenoxy) is 3. The standard InChI is InChI=1S/C28H31F3N4O5/c1-27(2,3)40-26(37)34-15-13-18(14-16-34)24-23(17-32-35(24)20-7-11-21(38-4)12-8-20)25(36)33-19-5-9-22(10-6-19)39-28(29,30)31/h5-12,17-18H,13-16H2,1-4H3,(H,33,36). The molecular formula is C28H31F3N4O5. The molecule has 1 aliphatic heterocycles. The van der Waals surface area contributed by atoms with Crippen molar-refractivity contribution in [3.8, 4) is 17.2 Å². The number of amides is 2. The highest BCUT2D eigenvalue weighted by Crippen LogP contribution is 2.34. The Morgan fingerprint density at radius 3 is 2.10 bits per heavy atom. The highest BCUT2D eigenvalue weighted by atomic mass is 19.4. The highest BCUT2D eigenvalue weighted by molar-refractivity contribution is 6.05. The van der Waals surface area contributed by atoms with E-state index in [9.17, 15) is 22.8 Å². The van der Waals surface area contributed by atoms with Gasteiger partial charge in [-0.15, -0.1) is 13.2 Å². The second-order valence-corrected chi connectivity index (χ2v) is 10.3. The molecular weight excluding hydrogens is 529 g/mol. The van der Waals surface area contributed by atoms with Crippen molar-refractivity contribution in [2.45, 2.75) is 51.5 Å². The number of aromatic nitrogens is 2. The van der Waals surface area contributed by atoms with Gasteiger partial charge in [-0.25, -0.2) is 9.48 Å². The summed E-state index contributed by atoms with van der Waals surface area (Å²) in [5, 5.41) is 7.23. The van der Waals surface area contributed by atoms with Crippen LogP contribution in [0.4, 0.5) is 23.7 Å². The number of hydrogen-bond donors (Lipinski definition) is 1. The molecule has 0 unspecified atom stereocenters. The molecule has 4 rings (SSSR count). The summed E-state index contributed by atoms with van der Waals surface area (Å²) in [4.78, 5) is 27.6. The highest BCUT2D eigenvalue weighted by Gasteiger charge is 2.33. The van der Waals surface area contributed by atoms with Gasteiger partial charge in [0.1, 0.15) is 17.1 Å². The number of halogens is 3. The van der Waals surface area contributed by atoms with Crippen LogP contribution in [0.2, 0.25) is 0 Å². The quantitative estimate of drug-likeness (QED) is 0.389. The first kappa shape index (κ1) is 28.8. The molecule has 1 aromatic heterocycles. The van der Waals surface area contributed by atoms with Crippen LogP contribution in [0.5, 0.6) is 11.5 Å². The fourth-order valence-corrected chi connectivity index (χ4v) is 4.46. The Morgan fingerprint density at radius 2 is 1.55 bits per heavy atom. The second-order valence-electron chi connectivity index (χ2n) is 10.3. The average Bonchev–Trinajstić information content (AvgIpc) is 3.33. The van der Waals surface area contributed by atoms with Gasteiger partial charge < -0.3 is 24.4 Å². The van der Waals surface area contributed by atoms with Crippen molar-refractivity contribution in [1.82, 2.24) is 14.7 Å². The Labute approximate surface area is 229 Å². The van der Waals surface area contributed by atoms with Gasteiger partial charge in [0.2, 0.25) is 0 Å². The Bertz CT molecular complexity index is 1320. The number of carbonyl (C=O) groups is 2. The molecule has 9 nitrogen and oxygen atoms in total. The minimum absolute atomic E-state index is 0.105. The van der Waals surface area contributed by atoms with Gasteiger partial charge >= 0.3 is 12.5 Å². The lowest BCUT2D eigenvalue weighted by molar-refractivity contribution is -0.274. The number of hydrogen-bond acceptors (Lipinski definition) is 6. The van der Waals surface area contributed by atoms with Crippen LogP contribution in [0.1, 0.15) is 55.6 Å². The van der Waals surface area contributed by atoms with Gasteiger partial charge in [-0.1, -0.05) is 0 Å². The number of methoxy groups -OCH3 is 1. The van der Waals surface area contributed by atoms with Crippen LogP contribution >= 0.6 is 0 Å². The van der Waals surface area contributed by atoms with Crippen molar-refractivity contribution in [2.75, 3.05) is 25.5 Å². The second kappa shape index (κ2) is 11.5. The minimum atomic E-state index is -4.81. The number of rotatable bonds is 6. The molecule has 2 heterocycles. The van der Waals surface area contributed by atoms with Gasteiger partial charge in [0, 0.05) is 24.7 Å². The van der Waals surface area contributed by atoms with Crippen molar-refractivity contribution < 1.29 is 37.0 Å². The van der Waals surface area contributed by atoms with Crippen molar-refractivity contribution in [3.63, 3.8) is 0 Å². The fourth-order valence-electron chi connectivity index (χ4n) is 4.46. The third kappa shape index (κ3) is 7.25. The molecule has 40 heavy (non-hydrogen) atoms. The SMILES string of the molecule is COc1ccc(-n2ncc(C(=O)Nc3ccc(OC(F)(F)F)cc3)c2C2CCN(C(=O)OC(C)(C)C)CC2)cc1. The Morgan fingerprint density at radius 1 is 0.950 bits per heavy atom. The lowest BCUT2D eigenvalue weighted by atomic mass is 9.90. The van der Waals surface area contributed by atoms with Gasteiger partial charge in [-0.3, -0.25) is 4.79 Å². The number of likely N-dealkylation sites (tertiary alicyclic amines) is 1. The normalized spacial score (nSPS) is 14.5. The van der Waals surface area contributed by atoms with Crippen molar-refractivity contribution >= 4 is 17.7 Å². The van der Waals surface area contributed by atoms with Gasteiger partial charge in [0.15, 0.2) is 0 Å². The maximum absolute atomic E-state index is 13.4. The fraction of sp³-hybridized carbons (Fsp3) is 0.393. The van der Waals surface area contributed by atoms with E-state index in [2.05, 4.69) is 15.2 Å². The largest absolute Gasteiger partial charge is 0.573 e. The first-order valence-electron chi connectivity index (χ1n) is 12.7. The molecule has 1 N–H and O–H groups in total. The van der Waals surface area contributed by atoms with Gasteiger partial charge in [0.05, 0.1) is 30.3 Å². The number of alkyl halides is 3. The Kier molecular flexibility index (Phi) is 8.26. The van der Waals surface area contributed by atoms with E-state index in [0.29, 0.717) is 48.6 Å². The zero-order valence-electron chi connectivity index (χ0n) is 22.6.